The fourth-order valence-electron chi connectivity index (χ4n) is 4.07. The summed E-state index contributed by atoms with van der Waals surface area (Å²) in [6.07, 6.45) is 0. The Morgan fingerprint density at radius 2 is 1.57 bits per heavy atom. The Labute approximate surface area is 241 Å². The molecule has 0 spiro atoms. The van der Waals surface area contributed by atoms with Crippen molar-refractivity contribution in [3.05, 3.63) is 88.9 Å². The number of carbonyl (C=O) groups is 2. The largest absolute Gasteiger partial charge is 0.492 e. The zero-order valence-electron chi connectivity index (χ0n) is 23.4. The number of amides is 2. The highest BCUT2D eigenvalue weighted by molar-refractivity contribution is 7.92. The molecule has 3 aromatic carbocycles. The number of halogens is 1. The number of hydrogen-bond acceptors (Lipinski definition) is 5. The van der Waals surface area contributed by atoms with E-state index in [1.807, 2.05) is 20.8 Å². The van der Waals surface area contributed by atoms with Crippen molar-refractivity contribution in [2.75, 3.05) is 17.5 Å². The lowest BCUT2D eigenvalue weighted by Gasteiger charge is -2.32. The van der Waals surface area contributed by atoms with Crippen LogP contribution in [-0.2, 0) is 26.2 Å². The van der Waals surface area contributed by atoms with Crippen LogP contribution in [0.2, 0.25) is 5.02 Å². The molecular formula is C30H36ClN3O5S. The Bertz CT molecular complexity index is 1410. The SMILES string of the molecule is CCOc1ccccc1N(CC(=O)N(Cc1ccc(Cl)cc1)[C@@H](C)C(=O)NC(C)C)S(=O)(=O)c1ccc(C)cc1. The lowest BCUT2D eigenvalue weighted by Crippen LogP contribution is -2.52. The molecular weight excluding hydrogens is 550 g/mol. The zero-order chi connectivity index (χ0) is 29.4. The minimum atomic E-state index is -4.20. The van der Waals surface area contributed by atoms with Crippen molar-refractivity contribution in [3.63, 3.8) is 0 Å². The second kappa shape index (κ2) is 13.7. The summed E-state index contributed by atoms with van der Waals surface area (Å²) >= 11 is 6.05. The number of nitrogens with zero attached hydrogens (tertiary/aromatic N) is 2. The smallest absolute Gasteiger partial charge is 0.264 e. The van der Waals surface area contributed by atoms with Crippen LogP contribution in [-0.4, -0.2) is 50.4 Å². The average Bonchev–Trinajstić information content (AvgIpc) is 2.91. The van der Waals surface area contributed by atoms with Crippen molar-refractivity contribution >= 4 is 39.1 Å². The molecule has 2 amide bonds. The van der Waals surface area contributed by atoms with Gasteiger partial charge in [-0.25, -0.2) is 8.42 Å². The summed E-state index contributed by atoms with van der Waals surface area (Å²) in [4.78, 5) is 28.4. The molecule has 214 valence electrons. The molecule has 0 aromatic heterocycles. The van der Waals surface area contributed by atoms with E-state index >= 15 is 0 Å². The van der Waals surface area contributed by atoms with E-state index in [0.29, 0.717) is 17.4 Å². The lowest BCUT2D eigenvalue weighted by atomic mass is 10.1. The van der Waals surface area contributed by atoms with Crippen molar-refractivity contribution in [2.24, 2.45) is 0 Å². The first-order valence-electron chi connectivity index (χ1n) is 13.1. The minimum Gasteiger partial charge on any atom is -0.492 e. The van der Waals surface area contributed by atoms with Gasteiger partial charge in [-0.1, -0.05) is 53.6 Å². The van der Waals surface area contributed by atoms with E-state index in [1.54, 1.807) is 74.5 Å². The summed E-state index contributed by atoms with van der Waals surface area (Å²) in [5, 5.41) is 3.38. The van der Waals surface area contributed by atoms with Crippen molar-refractivity contribution in [2.45, 2.75) is 58.1 Å². The van der Waals surface area contributed by atoms with Crippen molar-refractivity contribution in [1.29, 1.82) is 0 Å². The average molecular weight is 586 g/mol. The molecule has 0 saturated carbocycles. The van der Waals surface area contributed by atoms with Crippen molar-refractivity contribution in [1.82, 2.24) is 10.2 Å². The van der Waals surface area contributed by atoms with Gasteiger partial charge in [0, 0.05) is 17.6 Å². The molecule has 0 heterocycles. The third kappa shape index (κ3) is 7.76. The van der Waals surface area contributed by atoms with Gasteiger partial charge in [-0.15, -0.1) is 0 Å². The molecule has 0 aliphatic carbocycles. The third-order valence-electron chi connectivity index (χ3n) is 6.19. The summed E-state index contributed by atoms with van der Waals surface area (Å²) in [5.41, 5.74) is 1.86. The topological polar surface area (TPSA) is 96.0 Å². The van der Waals surface area contributed by atoms with E-state index in [1.165, 1.54) is 17.0 Å². The normalized spacial score (nSPS) is 12.1. The first kappa shape index (κ1) is 31.0. The fraction of sp³-hybridized carbons (Fsp3) is 0.333. The van der Waals surface area contributed by atoms with Gasteiger partial charge in [-0.3, -0.25) is 13.9 Å². The number of nitrogens with one attached hydrogen (secondary N) is 1. The Morgan fingerprint density at radius 3 is 2.17 bits per heavy atom. The highest BCUT2D eigenvalue weighted by Crippen LogP contribution is 2.33. The van der Waals surface area contributed by atoms with E-state index in [2.05, 4.69) is 5.32 Å². The Hall–Kier alpha value is -3.56. The molecule has 0 bridgehead atoms. The predicted octanol–water partition coefficient (Wildman–Crippen LogP) is 5.18. The molecule has 0 unspecified atom stereocenters. The Morgan fingerprint density at radius 1 is 0.950 bits per heavy atom. The number of rotatable bonds is 12. The first-order valence-corrected chi connectivity index (χ1v) is 14.9. The van der Waals surface area contributed by atoms with E-state index < -0.39 is 28.5 Å². The number of anilines is 1. The van der Waals surface area contributed by atoms with Crippen LogP contribution in [0.4, 0.5) is 5.69 Å². The van der Waals surface area contributed by atoms with Gasteiger partial charge < -0.3 is 15.0 Å². The van der Waals surface area contributed by atoms with Crippen LogP contribution < -0.4 is 14.4 Å². The van der Waals surface area contributed by atoms with Crippen molar-refractivity contribution < 1.29 is 22.7 Å². The number of aryl methyl sites for hydroxylation is 1. The molecule has 0 aliphatic heterocycles. The minimum absolute atomic E-state index is 0.0343. The predicted molar refractivity (Wildman–Crippen MR) is 158 cm³/mol. The van der Waals surface area contributed by atoms with Crippen LogP contribution in [0.25, 0.3) is 0 Å². The van der Waals surface area contributed by atoms with Gasteiger partial charge >= 0.3 is 0 Å². The van der Waals surface area contributed by atoms with Crippen LogP contribution in [0.5, 0.6) is 5.75 Å². The Kier molecular flexibility index (Phi) is 10.6. The lowest BCUT2D eigenvalue weighted by molar-refractivity contribution is -0.139. The Balaban J connectivity index is 2.08. The standard InChI is InChI=1S/C30H36ClN3O5S/c1-6-39-28-10-8-7-9-27(28)34(40(37,38)26-17-11-22(4)12-18-26)20-29(35)33(23(5)30(36)32-21(2)3)19-24-13-15-25(31)16-14-24/h7-18,21,23H,6,19-20H2,1-5H3,(H,32,36)/t23-/m0/s1. The maximum absolute atomic E-state index is 14.0. The molecule has 3 aromatic rings. The summed E-state index contributed by atoms with van der Waals surface area (Å²) in [7, 11) is -4.20. The number of para-hydroxylation sites is 2. The zero-order valence-corrected chi connectivity index (χ0v) is 25.0. The highest BCUT2D eigenvalue weighted by Gasteiger charge is 2.33. The molecule has 1 N–H and O–H groups in total. The molecule has 0 saturated heterocycles. The van der Waals surface area contributed by atoms with Gasteiger partial charge in [0.25, 0.3) is 10.0 Å². The van der Waals surface area contributed by atoms with Crippen LogP contribution in [0.1, 0.15) is 38.8 Å². The highest BCUT2D eigenvalue weighted by atomic mass is 35.5. The first-order chi connectivity index (χ1) is 18.9. The summed E-state index contributed by atoms with van der Waals surface area (Å²) in [6, 6.07) is 19.0. The van der Waals surface area contributed by atoms with Crippen LogP contribution in [0.15, 0.2) is 77.7 Å². The quantitative estimate of drug-likeness (QED) is 0.316. The van der Waals surface area contributed by atoms with Crippen LogP contribution >= 0.6 is 11.6 Å². The van der Waals surface area contributed by atoms with Gasteiger partial charge in [0.15, 0.2) is 0 Å². The number of ether oxygens (including phenoxy) is 1. The van der Waals surface area contributed by atoms with Crippen molar-refractivity contribution in [3.8, 4) is 5.75 Å². The maximum Gasteiger partial charge on any atom is 0.264 e. The number of benzene rings is 3. The second-order valence-corrected chi connectivity index (χ2v) is 12.0. The van der Waals surface area contributed by atoms with Crippen LogP contribution in [0, 0.1) is 6.92 Å². The molecule has 10 heteroatoms. The number of hydrogen-bond donors (Lipinski definition) is 1. The maximum atomic E-state index is 14.0. The monoisotopic (exact) mass is 585 g/mol. The van der Waals surface area contributed by atoms with Gasteiger partial charge in [0.2, 0.25) is 11.8 Å². The van der Waals surface area contributed by atoms with Gasteiger partial charge in [-0.2, -0.15) is 0 Å². The molecule has 1 atom stereocenters. The third-order valence-corrected chi connectivity index (χ3v) is 8.21. The van der Waals surface area contributed by atoms with E-state index in [-0.39, 0.29) is 29.1 Å². The van der Waals surface area contributed by atoms with E-state index in [0.717, 1.165) is 15.4 Å². The van der Waals surface area contributed by atoms with Gasteiger partial charge in [-0.05, 0) is 76.6 Å². The van der Waals surface area contributed by atoms with E-state index in [9.17, 15) is 18.0 Å². The number of sulfonamides is 1. The summed E-state index contributed by atoms with van der Waals surface area (Å²) in [6.45, 7) is 8.77. The fourth-order valence-corrected chi connectivity index (χ4v) is 5.62. The summed E-state index contributed by atoms with van der Waals surface area (Å²) < 4.78 is 34.8. The molecule has 0 fully saturated rings. The molecule has 0 aliphatic rings. The molecule has 40 heavy (non-hydrogen) atoms. The molecule has 3 rings (SSSR count). The summed E-state index contributed by atoms with van der Waals surface area (Å²) in [5.74, 6) is -0.577. The second-order valence-electron chi connectivity index (χ2n) is 9.71. The van der Waals surface area contributed by atoms with Gasteiger partial charge in [0.05, 0.1) is 17.2 Å². The van der Waals surface area contributed by atoms with Gasteiger partial charge in [0.1, 0.15) is 18.3 Å². The van der Waals surface area contributed by atoms with Crippen LogP contribution in [0.3, 0.4) is 0 Å². The molecule has 8 nitrogen and oxygen atoms in total. The number of carbonyl (C=O) groups excluding carboxylic acids is 2. The van der Waals surface area contributed by atoms with E-state index in [4.69, 9.17) is 16.3 Å². The molecule has 0 radical (unpaired) electrons.